The van der Waals surface area contributed by atoms with Crippen LogP contribution < -0.4 is 5.32 Å². The topological polar surface area (TPSA) is 92.7 Å². The van der Waals surface area contributed by atoms with Crippen LogP contribution in [0.2, 0.25) is 0 Å². The van der Waals surface area contributed by atoms with Crippen molar-refractivity contribution in [3.8, 4) is 0 Å². The number of carboxylic acids is 1. The fourth-order valence-corrected chi connectivity index (χ4v) is 5.50. The number of hydrogen-bond donors (Lipinski definition) is 2. The summed E-state index contributed by atoms with van der Waals surface area (Å²) in [6.07, 6.45) is 5.47. The molecule has 0 aliphatic heterocycles. The highest BCUT2D eigenvalue weighted by Gasteiger charge is 2.37. The SMILES string of the molecule is COC(=O)c1c(NC(=O)[C@H]2CCCC[C@H]2C(=O)O)sc2c1CC[C@H](C)C2. The first-order chi connectivity index (χ1) is 12.4. The smallest absolute Gasteiger partial charge is 0.341 e. The minimum Gasteiger partial charge on any atom is -0.481 e. The number of hydrogen-bond acceptors (Lipinski definition) is 5. The molecule has 6 nitrogen and oxygen atoms in total. The van der Waals surface area contributed by atoms with Crippen LogP contribution in [0.15, 0.2) is 0 Å². The molecule has 0 bridgehead atoms. The van der Waals surface area contributed by atoms with Crippen molar-refractivity contribution in [2.75, 3.05) is 12.4 Å². The van der Waals surface area contributed by atoms with Gasteiger partial charge in [-0.1, -0.05) is 19.8 Å². The molecule has 0 saturated heterocycles. The zero-order valence-corrected chi connectivity index (χ0v) is 16.0. The number of aliphatic carboxylic acids is 1. The molecule has 1 fully saturated rings. The second kappa shape index (κ2) is 7.78. The van der Waals surface area contributed by atoms with Gasteiger partial charge in [0.2, 0.25) is 5.91 Å². The number of carbonyl (C=O) groups excluding carboxylic acids is 2. The minimum atomic E-state index is -0.919. The summed E-state index contributed by atoms with van der Waals surface area (Å²) in [5.74, 6) is -2.31. The van der Waals surface area contributed by atoms with Gasteiger partial charge in [-0.05, 0) is 43.6 Å². The molecule has 2 N–H and O–H groups in total. The lowest BCUT2D eigenvalue weighted by Gasteiger charge is -2.27. The van der Waals surface area contributed by atoms with Crippen LogP contribution in [0.5, 0.6) is 0 Å². The quantitative estimate of drug-likeness (QED) is 0.781. The Morgan fingerprint density at radius 3 is 2.50 bits per heavy atom. The van der Waals surface area contributed by atoms with Gasteiger partial charge in [0.05, 0.1) is 24.5 Å². The van der Waals surface area contributed by atoms with Crippen molar-refractivity contribution >= 4 is 34.2 Å². The second-order valence-electron chi connectivity index (χ2n) is 7.37. The van der Waals surface area contributed by atoms with Crippen molar-refractivity contribution < 1.29 is 24.2 Å². The molecule has 26 heavy (non-hydrogen) atoms. The number of thiophene rings is 1. The average molecular weight is 379 g/mol. The maximum absolute atomic E-state index is 12.8. The van der Waals surface area contributed by atoms with Crippen LogP contribution >= 0.6 is 11.3 Å². The molecule has 0 radical (unpaired) electrons. The molecule has 2 aliphatic carbocycles. The highest BCUT2D eigenvalue weighted by atomic mass is 32.1. The van der Waals surface area contributed by atoms with E-state index in [0.29, 0.717) is 29.3 Å². The van der Waals surface area contributed by atoms with Crippen molar-refractivity contribution in [2.24, 2.45) is 17.8 Å². The summed E-state index contributed by atoms with van der Waals surface area (Å²) in [7, 11) is 1.34. The lowest BCUT2D eigenvalue weighted by molar-refractivity contribution is -0.147. The van der Waals surface area contributed by atoms with E-state index in [1.807, 2.05) is 0 Å². The van der Waals surface area contributed by atoms with Crippen LogP contribution in [0.4, 0.5) is 5.00 Å². The van der Waals surface area contributed by atoms with E-state index in [1.165, 1.54) is 18.4 Å². The average Bonchev–Trinajstić information content (AvgIpc) is 2.97. The number of methoxy groups -OCH3 is 1. The molecular formula is C19H25NO5S. The van der Waals surface area contributed by atoms with Gasteiger partial charge in [-0.2, -0.15) is 0 Å². The van der Waals surface area contributed by atoms with Gasteiger partial charge in [0.25, 0.3) is 0 Å². The first kappa shape index (κ1) is 18.9. The van der Waals surface area contributed by atoms with E-state index in [9.17, 15) is 19.5 Å². The molecular weight excluding hydrogens is 354 g/mol. The van der Waals surface area contributed by atoms with Crippen LogP contribution in [-0.2, 0) is 27.2 Å². The Bertz CT molecular complexity index is 726. The Kier molecular flexibility index (Phi) is 5.65. The van der Waals surface area contributed by atoms with Gasteiger partial charge in [-0.15, -0.1) is 11.3 Å². The van der Waals surface area contributed by atoms with E-state index in [1.54, 1.807) is 0 Å². The number of amides is 1. The third kappa shape index (κ3) is 3.63. The molecule has 1 aromatic heterocycles. The third-order valence-electron chi connectivity index (χ3n) is 5.56. The first-order valence-electron chi connectivity index (χ1n) is 9.18. The first-order valence-corrected chi connectivity index (χ1v) is 10.0. The number of rotatable bonds is 4. The fourth-order valence-electron chi connectivity index (χ4n) is 4.10. The number of fused-ring (bicyclic) bond motifs is 1. The Balaban J connectivity index is 1.88. The highest BCUT2D eigenvalue weighted by Crippen LogP contribution is 2.41. The maximum atomic E-state index is 12.8. The van der Waals surface area contributed by atoms with Crippen LogP contribution in [0.1, 0.15) is 59.8 Å². The molecule has 3 atom stereocenters. The van der Waals surface area contributed by atoms with Crippen molar-refractivity contribution in [3.05, 3.63) is 16.0 Å². The van der Waals surface area contributed by atoms with Gasteiger partial charge in [-0.25, -0.2) is 4.79 Å². The fraction of sp³-hybridized carbons (Fsp3) is 0.632. The second-order valence-corrected chi connectivity index (χ2v) is 8.48. The van der Waals surface area contributed by atoms with E-state index in [2.05, 4.69) is 12.2 Å². The predicted octanol–water partition coefficient (Wildman–Crippen LogP) is 3.49. The summed E-state index contributed by atoms with van der Waals surface area (Å²) in [6.45, 7) is 2.18. The molecule has 142 valence electrons. The van der Waals surface area contributed by atoms with E-state index >= 15 is 0 Å². The summed E-state index contributed by atoms with van der Waals surface area (Å²) in [5.41, 5.74) is 1.43. The molecule has 1 aromatic rings. The van der Waals surface area contributed by atoms with E-state index < -0.39 is 23.8 Å². The van der Waals surface area contributed by atoms with E-state index in [4.69, 9.17) is 4.74 Å². The van der Waals surface area contributed by atoms with Gasteiger partial charge < -0.3 is 15.2 Å². The Hall–Kier alpha value is -1.89. The zero-order valence-electron chi connectivity index (χ0n) is 15.2. The van der Waals surface area contributed by atoms with Crippen molar-refractivity contribution in [1.29, 1.82) is 0 Å². The molecule has 1 heterocycles. The van der Waals surface area contributed by atoms with Gasteiger partial charge in [0.15, 0.2) is 0 Å². The van der Waals surface area contributed by atoms with Crippen LogP contribution in [0.3, 0.4) is 0 Å². The molecule has 2 aliphatic rings. The molecule has 1 saturated carbocycles. The predicted molar refractivity (Wildman–Crippen MR) is 98.6 cm³/mol. The number of ether oxygens (including phenoxy) is 1. The molecule has 0 unspecified atom stereocenters. The standard InChI is InChI=1S/C19H25NO5S/c1-10-7-8-13-14(9-10)26-17(15(13)19(24)25-2)20-16(21)11-5-3-4-6-12(11)18(22)23/h10-12H,3-9H2,1-2H3,(H,20,21)(H,22,23)/t10-,11-,12+/m0/s1. The number of nitrogens with one attached hydrogen (secondary N) is 1. The Labute approximate surface area is 156 Å². The van der Waals surface area contributed by atoms with Crippen molar-refractivity contribution in [3.63, 3.8) is 0 Å². The number of anilines is 1. The number of esters is 1. The maximum Gasteiger partial charge on any atom is 0.341 e. The van der Waals surface area contributed by atoms with Gasteiger partial charge >= 0.3 is 11.9 Å². The monoisotopic (exact) mass is 379 g/mol. The van der Waals surface area contributed by atoms with Crippen molar-refractivity contribution in [1.82, 2.24) is 0 Å². The summed E-state index contributed by atoms with van der Waals surface area (Å²) < 4.78 is 4.94. The highest BCUT2D eigenvalue weighted by molar-refractivity contribution is 7.17. The van der Waals surface area contributed by atoms with Crippen LogP contribution in [0, 0.1) is 17.8 Å². The molecule has 1 amide bonds. The van der Waals surface area contributed by atoms with E-state index in [-0.39, 0.29) is 5.91 Å². The van der Waals surface area contributed by atoms with E-state index in [0.717, 1.165) is 42.5 Å². The van der Waals surface area contributed by atoms with Crippen LogP contribution in [-0.4, -0.2) is 30.1 Å². The summed E-state index contributed by atoms with van der Waals surface area (Å²) in [4.78, 5) is 37.7. The Morgan fingerprint density at radius 2 is 1.85 bits per heavy atom. The molecule has 0 spiro atoms. The lowest BCUT2D eigenvalue weighted by Crippen LogP contribution is -2.36. The zero-order chi connectivity index (χ0) is 18.8. The summed E-state index contributed by atoms with van der Waals surface area (Å²) >= 11 is 1.43. The normalized spacial score (nSPS) is 25.2. The summed E-state index contributed by atoms with van der Waals surface area (Å²) in [6, 6.07) is 0. The molecule has 3 rings (SSSR count). The minimum absolute atomic E-state index is 0.297. The molecule has 7 heteroatoms. The number of carbonyl (C=O) groups is 3. The number of carboxylic acid groups (broad SMARTS) is 1. The Morgan fingerprint density at radius 1 is 1.15 bits per heavy atom. The summed E-state index contributed by atoms with van der Waals surface area (Å²) in [5, 5.41) is 12.8. The van der Waals surface area contributed by atoms with Gasteiger partial charge in [0.1, 0.15) is 5.00 Å². The largest absolute Gasteiger partial charge is 0.481 e. The third-order valence-corrected chi connectivity index (χ3v) is 6.73. The lowest BCUT2D eigenvalue weighted by atomic mass is 9.78. The van der Waals surface area contributed by atoms with Crippen LogP contribution in [0.25, 0.3) is 0 Å². The van der Waals surface area contributed by atoms with Gasteiger partial charge in [-0.3, -0.25) is 9.59 Å². The van der Waals surface area contributed by atoms with Gasteiger partial charge in [0, 0.05) is 4.88 Å². The van der Waals surface area contributed by atoms with Crippen molar-refractivity contribution in [2.45, 2.75) is 51.9 Å². The molecule has 0 aromatic carbocycles.